The first-order chi connectivity index (χ1) is 9.50. The van der Waals surface area contributed by atoms with E-state index < -0.39 is 11.9 Å². The molecule has 0 bridgehead atoms. The first-order valence-corrected chi connectivity index (χ1v) is 7.31. The van der Waals surface area contributed by atoms with Gasteiger partial charge in [0.05, 0.1) is 0 Å². The second kappa shape index (κ2) is 6.22. The molecule has 2 amide bonds. The van der Waals surface area contributed by atoms with Crippen LogP contribution in [0.4, 0.5) is 0 Å². The highest BCUT2D eigenvalue weighted by Crippen LogP contribution is 2.26. The Morgan fingerprint density at radius 1 is 1.40 bits per heavy atom. The van der Waals surface area contributed by atoms with Crippen molar-refractivity contribution in [2.45, 2.75) is 25.3 Å². The van der Waals surface area contributed by atoms with Crippen LogP contribution in [0.25, 0.3) is 0 Å². The molecule has 5 heteroatoms. The number of nitrogens with zero attached hydrogens (tertiary/aromatic N) is 1. The van der Waals surface area contributed by atoms with Gasteiger partial charge in [-0.25, -0.2) is 0 Å². The van der Waals surface area contributed by atoms with Crippen LogP contribution in [0.3, 0.4) is 0 Å². The van der Waals surface area contributed by atoms with Crippen molar-refractivity contribution in [2.24, 2.45) is 5.73 Å². The number of nitrogens with two attached hydrogens (primary N) is 1. The van der Waals surface area contributed by atoms with E-state index in [0.29, 0.717) is 5.56 Å². The van der Waals surface area contributed by atoms with Gasteiger partial charge in [-0.1, -0.05) is 34.1 Å². The molecule has 20 heavy (non-hydrogen) atoms. The van der Waals surface area contributed by atoms with Crippen molar-refractivity contribution in [1.82, 2.24) is 4.90 Å². The topological polar surface area (TPSA) is 63.4 Å². The molecule has 2 rings (SSSR count). The highest BCUT2D eigenvalue weighted by molar-refractivity contribution is 9.10. The summed E-state index contributed by atoms with van der Waals surface area (Å²) in [5.41, 5.74) is 6.97. The molecule has 0 spiro atoms. The summed E-state index contributed by atoms with van der Waals surface area (Å²) in [6.07, 6.45) is 4.63. The first-order valence-electron chi connectivity index (χ1n) is 6.51. The Morgan fingerprint density at radius 3 is 2.70 bits per heavy atom. The second-order valence-electron chi connectivity index (χ2n) is 4.90. The number of likely N-dealkylation sites (N-methyl/N-ethyl adjacent to an activating group) is 1. The number of primary amides is 1. The van der Waals surface area contributed by atoms with Crippen LogP contribution in [0.2, 0.25) is 0 Å². The van der Waals surface area contributed by atoms with Crippen molar-refractivity contribution < 1.29 is 9.59 Å². The van der Waals surface area contributed by atoms with E-state index in [1.807, 2.05) is 24.3 Å². The summed E-state index contributed by atoms with van der Waals surface area (Å²) in [4.78, 5) is 25.6. The van der Waals surface area contributed by atoms with Crippen molar-refractivity contribution in [3.8, 4) is 0 Å². The normalized spacial score (nSPS) is 15.6. The highest BCUT2D eigenvalue weighted by Gasteiger charge is 2.29. The minimum Gasteiger partial charge on any atom is -0.368 e. The molecule has 0 radical (unpaired) electrons. The number of carbonyl (C=O) groups excluding carboxylic acids is 2. The van der Waals surface area contributed by atoms with Gasteiger partial charge in [-0.3, -0.25) is 9.59 Å². The van der Waals surface area contributed by atoms with E-state index >= 15 is 0 Å². The molecule has 0 saturated heterocycles. The summed E-state index contributed by atoms with van der Waals surface area (Å²) in [6, 6.07) is 6.54. The number of amides is 2. The van der Waals surface area contributed by atoms with Gasteiger partial charge in [0.25, 0.3) is 0 Å². The fraction of sp³-hybridized carbons (Fsp3) is 0.333. The summed E-state index contributed by atoms with van der Waals surface area (Å²) in [6.45, 7) is 0. The van der Waals surface area contributed by atoms with E-state index in [1.165, 1.54) is 4.90 Å². The molecule has 2 N–H and O–H groups in total. The molecule has 0 saturated carbocycles. The predicted molar refractivity (Wildman–Crippen MR) is 80.8 cm³/mol. The Kier molecular flexibility index (Phi) is 4.60. The molecule has 0 fully saturated rings. The number of hydrogen-bond acceptors (Lipinski definition) is 2. The largest absolute Gasteiger partial charge is 0.368 e. The van der Waals surface area contributed by atoms with Crippen molar-refractivity contribution in [3.05, 3.63) is 46.0 Å². The van der Waals surface area contributed by atoms with Gasteiger partial charge in [-0.2, -0.15) is 0 Å². The Labute approximate surface area is 126 Å². The van der Waals surface area contributed by atoms with E-state index in [0.717, 1.165) is 29.3 Å². The van der Waals surface area contributed by atoms with E-state index in [1.54, 1.807) is 13.1 Å². The summed E-state index contributed by atoms with van der Waals surface area (Å²) < 4.78 is 0.849. The third kappa shape index (κ3) is 3.10. The fourth-order valence-electron chi connectivity index (χ4n) is 2.46. The number of hydrogen-bond donors (Lipinski definition) is 1. The third-order valence-electron chi connectivity index (χ3n) is 3.46. The van der Waals surface area contributed by atoms with Gasteiger partial charge in [0.1, 0.15) is 6.04 Å². The fourth-order valence-corrected chi connectivity index (χ4v) is 2.88. The van der Waals surface area contributed by atoms with Crippen LogP contribution in [-0.2, 0) is 9.59 Å². The lowest BCUT2D eigenvalue weighted by atomic mass is 10.0. The average molecular weight is 337 g/mol. The lowest BCUT2D eigenvalue weighted by Gasteiger charge is -2.26. The summed E-state index contributed by atoms with van der Waals surface area (Å²) in [5.74, 6) is -0.649. The van der Waals surface area contributed by atoms with Crippen molar-refractivity contribution >= 4 is 27.7 Å². The highest BCUT2D eigenvalue weighted by atomic mass is 79.9. The van der Waals surface area contributed by atoms with Crippen LogP contribution in [0.15, 0.2) is 40.4 Å². The Balaban J connectivity index is 2.29. The third-order valence-corrected chi connectivity index (χ3v) is 3.95. The molecule has 106 valence electrons. The van der Waals surface area contributed by atoms with Crippen LogP contribution in [0.1, 0.15) is 30.9 Å². The molecule has 0 heterocycles. The smallest absolute Gasteiger partial charge is 0.250 e. The molecule has 1 aliphatic rings. The lowest BCUT2D eigenvalue weighted by molar-refractivity contribution is -0.135. The van der Waals surface area contributed by atoms with Crippen LogP contribution in [-0.4, -0.2) is 23.8 Å². The zero-order valence-corrected chi connectivity index (χ0v) is 12.9. The second-order valence-corrected chi connectivity index (χ2v) is 5.81. The quantitative estimate of drug-likeness (QED) is 0.918. The molecule has 1 aromatic rings. The molecule has 1 atom stereocenters. The summed E-state index contributed by atoms with van der Waals surface area (Å²) in [5, 5.41) is 0. The molecule has 0 aliphatic heterocycles. The van der Waals surface area contributed by atoms with Crippen molar-refractivity contribution in [2.75, 3.05) is 7.05 Å². The van der Waals surface area contributed by atoms with Gasteiger partial charge in [0.2, 0.25) is 11.8 Å². The van der Waals surface area contributed by atoms with E-state index in [2.05, 4.69) is 15.9 Å². The average Bonchev–Trinajstić information content (AvgIpc) is 2.91. The number of halogens is 1. The van der Waals surface area contributed by atoms with Gasteiger partial charge >= 0.3 is 0 Å². The minimum atomic E-state index is -0.749. The molecule has 0 unspecified atom stereocenters. The minimum absolute atomic E-state index is 0.119. The molecule has 1 aromatic carbocycles. The van der Waals surface area contributed by atoms with E-state index in [4.69, 9.17) is 5.73 Å². The van der Waals surface area contributed by atoms with Crippen molar-refractivity contribution in [1.29, 1.82) is 0 Å². The van der Waals surface area contributed by atoms with E-state index in [-0.39, 0.29) is 5.91 Å². The predicted octanol–water partition coefficient (Wildman–Crippen LogP) is 2.54. The van der Waals surface area contributed by atoms with Gasteiger partial charge in [0.15, 0.2) is 0 Å². The molecular weight excluding hydrogens is 320 g/mol. The maximum atomic E-state index is 12.4. The van der Waals surface area contributed by atoms with Gasteiger partial charge < -0.3 is 10.6 Å². The molecule has 4 nitrogen and oxygen atoms in total. The summed E-state index contributed by atoms with van der Waals surface area (Å²) >= 11 is 3.37. The lowest BCUT2D eigenvalue weighted by Crippen LogP contribution is -2.39. The molecule has 0 aromatic heterocycles. The number of carbonyl (C=O) groups is 2. The van der Waals surface area contributed by atoms with Gasteiger partial charge in [-0.15, -0.1) is 0 Å². The van der Waals surface area contributed by atoms with Crippen LogP contribution >= 0.6 is 15.9 Å². The van der Waals surface area contributed by atoms with Crippen LogP contribution < -0.4 is 5.73 Å². The standard InChI is InChI=1S/C15H17BrN2O2/c1-18(15(20)10-5-2-3-6-10)13(14(17)19)11-7-4-8-12(16)9-11/h4-5,7-9,13H,2-3,6H2,1H3,(H2,17,19)/t13-/m0/s1. The Bertz CT molecular complexity index is 569. The molecule has 1 aliphatic carbocycles. The Hall–Kier alpha value is -1.62. The maximum Gasteiger partial charge on any atom is 0.250 e. The van der Waals surface area contributed by atoms with E-state index in [9.17, 15) is 9.59 Å². The molecular formula is C15H17BrN2O2. The first kappa shape index (κ1) is 14.8. The van der Waals surface area contributed by atoms with Crippen molar-refractivity contribution in [3.63, 3.8) is 0 Å². The SMILES string of the molecule is CN(C(=O)C1=CCCC1)[C@H](C(N)=O)c1cccc(Br)c1. The Morgan fingerprint density at radius 2 is 2.15 bits per heavy atom. The zero-order chi connectivity index (χ0) is 14.7. The number of allylic oxidation sites excluding steroid dienone is 1. The summed E-state index contributed by atoms with van der Waals surface area (Å²) in [7, 11) is 1.62. The van der Waals surface area contributed by atoms with Gasteiger partial charge in [0, 0.05) is 17.1 Å². The van der Waals surface area contributed by atoms with Gasteiger partial charge in [-0.05, 0) is 37.0 Å². The number of rotatable bonds is 4. The number of benzene rings is 1. The van der Waals surface area contributed by atoms with Crippen LogP contribution in [0, 0.1) is 0 Å². The maximum absolute atomic E-state index is 12.4. The van der Waals surface area contributed by atoms with Crippen LogP contribution in [0.5, 0.6) is 0 Å². The zero-order valence-electron chi connectivity index (χ0n) is 11.3. The monoisotopic (exact) mass is 336 g/mol.